The Balaban J connectivity index is 1.01. The molecule has 9 aromatic carbocycles. The zero-order valence-corrected chi connectivity index (χ0v) is 31.9. The van der Waals surface area contributed by atoms with Crippen molar-refractivity contribution >= 4 is 70.4 Å². The molecule has 2 nitrogen and oxygen atoms in total. The fraction of sp³-hybridized carbons (Fsp3) is 0. The SMILES string of the molecule is c1ccc(-c2ccc(-c3ccc(N(c4ccc(-c5ccc6c(c5)sc5ccccc56)cc4)c4ccc5c(c4)c4ccccc4n5-c4ccccc4)cc3)cc2)cc1. The molecule has 0 N–H and O–H groups in total. The minimum Gasteiger partial charge on any atom is -0.310 e. The molecule has 0 spiro atoms. The van der Waals surface area contributed by atoms with E-state index in [0.717, 1.165) is 22.7 Å². The van der Waals surface area contributed by atoms with Crippen molar-refractivity contribution in [2.75, 3.05) is 4.90 Å². The maximum Gasteiger partial charge on any atom is 0.0542 e. The summed E-state index contributed by atoms with van der Waals surface area (Å²) >= 11 is 1.86. The summed E-state index contributed by atoms with van der Waals surface area (Å²) in [4.78, 5) is 2.38. The Morgan fingerprint density at radius 2 is 0.772 bits per heavy atom. The molecule has 0 unspecified atom stereocenters. The van der Waals surface area contributed by atoms with Gasteiger partial charge in [-0.15, -0.1) is 11.3 Å². The van der Waals surface area contributed by atoms with Crippen LogP contribution in [0, 0.1) is 0 Å². The van der Waals surface area contributed by atoms with Gasteiger partial charge < -0.3 is 9.47 Å². The molecule has 57 heavy (non-hydrogen) atoms. The minimum atomic E-state index is 1.10. The van der Waals surface area contributed by atoms with Crippen molar-refractivity contribution in [2.24, 2.45) is 0 Å². The topological polar surface area (TPSA) is 8.17 Å². The Morgan fingerprint density at radius 1 is 0.298 bits per heavy atom. The molecule has 0 fully saturated rings. The summed E-state index contributed by atoms with van der Waals surface area (Å²) in [6, 6.07) is 79.3. The number of aromatic nitrogens is 1. The molecule has 2 heterocycles. The highest BCUT2D eigenvalue weighted by Gasteiger charge is 2.18. The van der Waals surface area contributed by atoms with Crippen LogP contribution in [0.15, 0.2) is 218 Å². The molecule has 0 aliphatic heterocycles. The van der Waals surface area contributed by atoms with Gasteiger partial charge in [-0.1, -0.05) is 146 Å². The van der Waals surface area contributed by atoms with Crippen molar-refractivity contribution in [1.29, 1.82) is 0 Å². The summed E-state index contributed by atoms with van der Waals surface area (Å²) in [5.74, 6) is 0. The standard InChI is InChI=1S/C54H36N2S/c1-3-11-37(12-4-1)38-19-21-39(22-20-38)40-23-28-44(29-24-40)55(45-30-25-41(26-31-45)42-27-33-49-48-16-8-10-18-53(48)57-54(49)35-42)46-32-34-52-50(36-46)47-15-7-9-17-51(47)56(52)43-13-5-2-6-14-43/h1-36H. The Kier molecular flexibility index (Phi) is 8.04. The average Bonchev–Trinajstić information content (AvgIpc) is 3.83. The van der Waals surface area contributed by atoms with Gasteiger partial charge in [-0.25, -0.2) is 0 Å². The molecule has 0 saturated carbocycles. The Morgan fingerprint density at radius 3 is 1.46 bits per heavy atom. The number of nitrogens with zero attached hydrogens (tertiary/aromatic N) is 2. The number of hydrogen-bond donors (Lipinski definition) is 0. The molecule has 2 aromatic heterocycles. The third-order valence-corrected chi connectivity index (χ3v) is 12.4. The third-order valence-electron chi connectivity index (χ3n) is 11.2. The van der Waals surface area contributed by atoms with Gasteiger partial charge in [0.2, 0.25) is 0 Å². The van der Waals surface area contributed by atoms with Crippen LogP contribution in [-0.2, 0) is 0 Å². The molecule has 0 atom stereocenters. The number of para-hydroxylation sites is 2. The number of rotatable bonds is 7. The van der Waals surface area contributed by atoms with E-state index in [9.17, 15) is 0 Å². The van der Waals surface area contributed by atoms with E-state index in [1.165, 1.54) is 75.4 Å². The Labute approximate surface area is 335 Å². The van der Waals surface area contributed by atoms with Crippen LogP contribution in [0.4, 0.5) is 17.1 Å². The quantitative estimate of drug-likeness (QED) is 0.158. The van der Waals surface area contributed by atoms with Gasteiger partial charge in [0.15, 0.2) is 0 Å². The highest BCUT2D eigenvalue weighted by atomic mass is 32.1. The van der Waals surface area contributed by atoms with Gasteiger partial charge in [0.05, 0.1) is 11.0 Å². The van der Waals surface area contributed by atoms with E-state index in [1.54, 1.807) is 0 Å². The first-order valence-electron chi connectivity index (χ1n) is 19.4. The maximum absolute atomic E-state index is 2.38. The number of fused-ring (bicyclic) bond motifs is 6. The predicted octanol–water partition coefficient (Wildman–Crippen LogP) is 15.6. The molecule has 11 rings (SSSR count). The summed E-state index contributed by atoms with van der Waals surface area (Å²) in [6.07, 6.45) is 0. The Bertz CT molecular complexity index is 3200. The van der Waals surface area contributed by atoms with Crippen LogP contribution < -0.4 is 4.90 Å². The van der Waals surface area contributed by atoms with E-state index in [-0.39, 0.29) is 0 Å². The fourth-order valence-corrected chi connectivity index (χ4v) is 9.54. The predicted molar refractivity (Wildman–Crippen MR) is 245 cm³/mol. The highest BCUT2D eigenvalue weighted by Crippen LogP contribution is 2.42. The van der Waals surface area contributed by atoms with Gasteiger partial charge in [0, 0.05) is 53.7 Å². The molecule has 0 aliphatic rings. The van der Waals surface area contributed by atoms with Gasteiger partial charge in [0.1, 0.15) is 0 Å². The van der Waals surface area contributed by atoms with Gasteiger partial charge in [-0.05, 0) is 106 Å². The van der Waals surface area contributed by atoms with Crippen molar-refractivity contribution in [1.82, 2.24) is 4.57 Å². The molecule has 3 heteroatoms. The molecule has 11 aromatic rings. The van der Waals surface area contributed by atoms with Crippen LogP contribution in [-0.4, -0.2) is 4.57 Å². The second-order valence-corrected chi connectivity index (χ2v) is 15.7. The van der Waals surface area contributed by atoms with Crippen molar-refractivity contribution in [3.8, 4) is 39.1 Å². The number of thiophene rings is 1. The lowest BCUT2D eigenvalue weighted by molar-refractivity contribution is 1.18. The van der Waals surface area contributed by atoms with E-state index in [1.807, 2.05) is 11.3 Å². The second-order valence-electron chi connectivity index (χ2n) is 14.6. The van der Waals surface area contributed by atoms with E-state index in [2.05, 4.69) is 228 Å². The van der Waals surface area contributed by atoms with Crippen LogP contribution in [0.5, 0.6) is 0 Å². The minimum absolute atomic E-state index is 1.10. The number of benzene rings is 9. The first-order chi connectivity index (χ1) is 28.2. The van der Waals surface area contributed by atoms with Crippen molar-refractivity contribution in [2.45, 2.75) is 0 Å². The lowest BCUT2D eigenvalue weighted by atomic mass is 10.00. The van der Waals surface area contributed by atoms with Crippen LogP contribution in [0.2, 0.25) is 0 Å². The highest BCUT2D eigenvalue weighted by molar-refractivity contribution is 7.25. The summed E-state index contributed by atoms with van der Waals surface area (Å²) in [5, 5.41) is 5.11. The Hall–Kier alpha value is -7.20. The third kappa shape index (κ3) is 5.88. The lowest BCUT2D eigenvalue weighted by Gasteiger charge is -2.26. The van der Waals surface area contributed by atoms with Crippen LogP contribution in [0.3, 0.4) is 0 Å². The van der Waals surface area contributed by atoms with E-state index in [4.69, 9.17) is 0 Å². The zero-order chi connectivity index (χ0) is 37.7. The molecular formula is C54H36N2S. The van der Waals surface area contributed by atoms with Gasteiger partial charge >= 0.3 is 0 Å². The molecule has 0 amide bonds. The van der Waals surface area contributed by atoms with E-state index >= 15 is 0 Å². The first-order valence-corrected chi connectivity index (χ1v) is 20.2. The molecule has 0 radical (unpaired) electrons. The normalized spacial score (nSPS) is 11.5. The number of anilines is 3. The smallest absolute Gasteiger partial charge is 0.0542 e. The molecule has 268 valence electrons. The summed E-state index contributed by atoms with van der Waals surface area (Å²) in [7, 11) is 0. The van der Waals surface area contributed by atoms with Gasteiger partial charge in [0.25, 0.3) is 0 Å². The monoisotopic (exact) mass is 744 g/mol. The van der Waals surface area contributed by atoms with Crippen molar-refractivity contribution in [3.05, 3.63) is 218 Å². The molecular weight excluding hydrogens is 709 g/mol. The van der Waals surface area contributed by atoms with E-state index < -0.39 is 0 Å². The maximum atomic E-state index is 2.38. The van der Waals surface area contributed by atoms with Crippen LogP contribution in [0.25, 0.3) is 81.0 Å². The van der Waals surface area contributed by atoms with Gasteiger partial charge in [-0.2, -0.15) is 0 Å². The summed E-state index contributed by atoms with van der Waals surface area (Å²) < 4.78 is 5.02. The largest absolute Gasteiger partial charge is 0.310 e. The zero-order valence-electron chi connectivity index (χ0n) is 31.1. The molecule has 0 bridgehead atoms. The first kappa shape index (κ1) is 33.2. The van der Waals surface area contributed by atoms with Crippen LogP contribution in [0.1, 0.15) is 0 Å². The van der Waals surface area contributed by atoms with Gasteiger partial charge in [-0.3, -0.25) is 0 Å². The molecule has 0 aliphatic carbocycles. The van der Waals surface area contributed by atoms with Crippen molar-refractivity contribution in [3.63, 3.8) is 0 Å². The summed E-state index contributed by atoms with van der Waals surface area (Å²) in [5.41, 5.74) is 14.1. The number of hydrogen-bond acceptors (Lipinski definition) is 2. The second kappa shape index (κ2) is 13.8. The lowest BCUT2D eigenvalue weighted by Crippen LogP contribution is -2.10. The van der Waals surface area contributed by atoms with Crippen molar-refractivity contribution < 1.29 is 0 Å². The summed E-state index contributed by atoms with van der Waals surface area (Å²) in [6.45, 7) is 0. The van der Waals surface area contributed by atoms with E-state index in [0.29, 0.717) is 0 Å². The van der Waals surface area contributed by atoms with Crippen LogP contribution >= 0.6 is 11.3 Å². The molecule has 0 saturated heterocycles. The average molecular weight is 745 g/mol. The fourth-order valence-electron chi connectivity index (χ4n) is 8.40.